The van der Waals surface area contributed by atoms with Gasteiger partial charge < -0.3 is 4.90 Å². The molecule has 0 aromatic heterocycles. The lowest BCUT2D eigenvalue weighted by Crippen LogP contribution is -2.51. The van der Waals surface area contributed by atoms with Crippen molar-refractivity contribution < 1.29 is 0 Å². The third-order valence-corrected chi connectivity index (χ3v) is 5.38. The van der Waals surface area contributed by atoms with Crippen molar-refractivity contribution in [2.24, 2.45) is 10.9 Å². The van der Waals surface area contributed by atoms with Crippen molar-refractivity contribution in [2.45, 2.75) is 44.7 Å². The first kappa shape index (κ1) is 12.0. The van der Waals surface area contributed by atoms with Gasteiger partial charge in [0.2, 0.25) is 0 Å². The van der Waals surface area contributed by atoms with Crippen LogP contribution in [0.3, 0.4) is 0 Å². The maximum absolute atomic E-state index is 6.44. The average molecular weight is 295 g/mol. The second-order valence-corrected chi connectivity index (χ2v) is 7.19. The van der Waals surface area contributed by atoms with Crippen molar-refractivity contribution in [1.82, 2.24) is 4.90 Å². The summed E-state index contributed by atoms with van der Waals surface area (Å²) in [6.07, 6.45) is 3.81. The Morgan fingerprint density at radius 2 is 2.05 bits per heavy atom. The van der Waals surface area contributed by atoms with Gasteiger partial charge in [0.15, 0.2) is 0 Å². The minimum atomic E-state index is -0.0894. The number of hydrogen-bond acceptors (Lipinski definition) is 2. The van der Waals surface area contributed by atoms with Crippen molar-refractivity contribution >= 4 is 34.7 Å². The fourth-order valence-corrected chi connectivity index (χ4v) is 4.91. The van der Waals surface area contributed by atoms with Crippen LogP contribution < -0.4 is 0 Å². The fraction of sp³-hybridized carbons (Fsp3) is 0.533. The van der Waals surface area contributed by atoms with E-state index in [-0.39, 0.29) is 5.54 Å². The Hall–Kier alpha value is -0.730. The molecule has 1 aromatic carbocycles. The third kappa shape index (κ3) is 1.47. The highest BCUT2D eigenvalue weighted by Crippen LogP contribution is 2.53. The molecule has 2 bridgehead atoms. The number of fused-ring (bicyclic) bond motifs is 6. The fourth-order valence-electron chi connectivity index (χ4n) is 4.20. The number of hydrogen-bond donors (Lipinski definition) is 0. The predicted molar refractivity (Wildman–Crippen MR) is 79.6 cm³/mol. The highest BCUT2D eigenvalue weighted by Gasteiger charge is 2.51. The summed E-state index contributed by atoms with van der Waals surface area (Å²) in [4.78, 5) is 7.38. The van der Waals surface area contributed by atoms with Gasteiger partial charge in [-0.25, -0.2) is 4.99 Å². The molecule has 2 unspecified atom stereocenters. The molecule has 1 saturated carbocycles. The predicted octanol–water partition coefficient (Wildman–Crippen LogP) is 4.76. The Labute approximate surface area is 123 Å². The second-order valence-electron chi connectivity index (χ2n) is 6.34. The minimum Gasteiger partial charge on any atom is -0.347 e. The first-order valence-electron chi connectivity index (χ1n) is 6.86. The topological polar surface area (TPSA) is 15.6 Å². The number of rotatable bonds is 0. The van der Waals surface area contributed by atoms with E-state index in [1.54, 1.807) is 0 Å². The molecule has 0 radical (unpaired) electrons. The molecule has 2 fully saturated rings. The van der Waals surface area contributed by atoms with Gasteiger partial charge in [-0.15, -0.1) is 0 Å². The maximum Gasteiger partial charge on any atom is 0.109 e. The molecule has 3 aliphatic rings. The zero-order chi connectivity index (χ0) is 13.4. The summed E-state index contributed by atoms with van der Waals surface area (Å²) in [5, 5.41) is 1.40. The van der Waals surface area contributed by atoms with Gasteiger partial charge in [-0.05, 0) is 45.2 Å². The molecule has 0 amide bonds. The van der Waals surface area contributed by atoms with Gasteiger partial charge in [0.1, 0.15) is 5.84 Å². The lowest BCUT2D eigenvalue weighted by molar-refractivity contribution is 0.164. The largest absolute Gasteiger partial charge is 0.347 e. The molecule has 0 N–H and O–H groups in total. The van der Waals surface area contributed by atoms with Gasteiger partial charge in [0.25, 0.3) is 0 Å². The molecular formula is C15H16Cl2N2. The first-order chi connectivity index (χ1) is 8.98. The number of halogens is 2. The van der Waals surface area contributed by atoms with E-state index in [9.17, 15) is 0 Å². The van der Waals surface area contributed by atoms with Gasteiger partial charge in [-0.1, -0.05) is 23.2 Å². The van der Waals surface area contributed by atoms with Crippen LogP contribution >= 0.6 is 23.2 Å². The normalized spacial score (nSPS) is 30.1. The molecule has 2 heterocycles. The number of benzene rings is 1. The van der Waals surface area contributed by atoms with E-state index in [1.165, 1.54) is 25.1 Å². The molecule has 2 aliphatic heterocycles. The van der Waals surface area contributed by atoms with Gasteiger partial charge in [0.05, 0.1) is 11.2 Å². The van der Waals surface area contributed by atoms with E-state index in [0.29, 0.717) is 17.0 Å². The Morgan fingerprint density at radius 1 is 1.26 bits per heavy atom. The highest BCUT2D eigenvalue weighted by molar-refractivity contribution is 6.35. The molecule has 2 atom stereocenters. The molecule has 19 heavy (non-hydrogen) atoms. The lowest BCUT2D eigenvalue weighted by Gasteiger charge is -2.47. The number of amidine groups is 1. The van der Waals surface area contributed by atoms with Crippen molar-refractivity contribution in [3.05, 3.63) is 27.7 Å². The Morgan fingerprint density at radius 3 is 2.84 bits per heavy atom. The van der Waals surface area contributed by atoms with Gasteiger partial charge in [-0.2, -0.15) is 0 Å². The molecule has 1 aromatic rings. The molecule has 1 saturated heterocycles. The maximum atomic E-state index is 6.44. The third-order valence-electron chi connectivity index (χ3n) is 4.87. The van der Waals surface area contributed by atoms with Crippen LogP contribution in [0.25, 0.3) is 0 Å². The summed E-state index contributed by atoms with van der Waals surface area (Å²) in [6, 6.07) is 4.41. The summed E-state index contributed by atoms with van der Waals surface area (Å²) < 4.78 is 0. The van der Waals surface area contributed by atoms with E-state index in [2.05, 4.69) is 18.7 Å². The van der Waals surface area contributed by atoms with Crippen LogP contribution in [0, 0.1) is 5.92 Å². The standard InChI is InChI=1S/C15H16Cl2N2/c1-15(2)13-11(17)6-9(16)7-12(13)18-14-8-3-4-10(5-8)19(14)15/h6-8,10H,3-5H2,1-2H3. The van der Waals surface area contributed by atoms with Crippen LogP contribution in [-0.2, 0) is 5.54 Å². The second kappa shape index (κ2) is 3.67. The van der Waals surface area contributed by atoms with Crippen LogP contribution in [0.1, 0.15) is 38.7 Å². The smallest absolute Gasteiger partial charge is 0.109 e. The van der Waals surface area contributed by atoms with Crippen LogP contribution in [0.5, 0.6) is 0 Å². The van der Waals surface area contributed by atoms with Crippen molar-refractivity contribution in [3.63, 3.8) is 0 Å². The van der Waals surface area contributed by atoms with Crippen LogP contribution in [0.15, 0.2) is 17.1 Å². The summed E-state index contributed by atoms with van der Waals surface area (Å²) >= 11 is 12.6. The molecule has 1 aliphatic carbocycles. The Bertz CT molecular complexity index is 606. The van der Waals surface area contributed by atoms with Gasteiger partial charge >= 0.3 is 0 Å². The van der Waals surface area contributed by atoms with Crippen LogP contribution in [0.2, 0.25) is 10.0 Å². The monoisotopic (exact) mass is 294 g/mol. The molecule has 2 nitrogen and oxygen atoms in total. The van der Waals surface area contributed by atoms with E-state index in [4.69, 9.17) is 28.2 Å². The van der Waals surface area contributed by atoms with E-state index in [1.807, 2.05) is 12.1 Å². The first-order valence-corrected chi connectivity index (χ1v) is 7.61. The van der Waals surface area contributed by atoms with Crippen molar-refractivity contribution in [1.29, 1.82) is 0 Å². The lowest BCUT2D eigenvalue weighted by atomic mass is 9.86. The van der Waals surface area contributed by atoms with Crippen LogP contribution in [0.4, 0.5) is 5.69 Å². The van der Waals surface area contributed by atoms with Crippen molar-refractivity contribution in [3.8, 4) is 0 Å². The summed E-state index contributed by atoms with van der Waals surface area (Å²) in [7, 11) is 0. The molecular weight excluding hydrogens is 279 g/mol. The SMILES string of the molecule is CC1(C)c2c(Cl)cc(Cl)cc2N=C2C3CCC(C3)N21. The van der Waals surface area contributed by atoms with Gasteiger partial charge in [0, 0.05) is 27.6 Å². The number of nitrogens with zero attached hydrogens (tertiary/aromatic N) is 2. The van der Waals surface area contributed by atoms with E-state index < -0.39 is 0 Å². The van der Waals surface area contributed by atoms with Crippen LogP contribution in [-0.4, -0.2) is 16.8 Å². The number of piperidine rings is 1. The Kier molecular flexibility index (Phi) is 2.33. The zero-order valence-electron chi connectivity index (χ0n) is 11.1. The molecule has 4 rings (SSSR count). The summed E-state index contributed by atoms with van der Waals surface area (Å²) in [5.74, 6) is 1.89. The molecule has 4 heteroatoms. The van der Waals surface area contributed by atoms with E-state index >= 15 is 0 Å². The van der Waals surface area contributed by atoms with E-state index in [0.717, 1.165) is 16.3 Å². The number of aliphatic imine (C=N–C) groups is 1. The Balaban J connectivity index is 1.98. The quantitative estimate of drug-likeness (QED) is 0.674. The average Bonchev–Trinajstić information content (AvgIpc) is 2.87. The highest BCUT2D eigenvalue weighted by atomic mass is 35.5. The summed E-state index contributed by atoms with van der Waals surface area (Å²) in [6.45, 7) is 4.50. The van der Waals surface area contributed by atoms with Crippen molar-refractivity contribution in [2.75, 3.05) is 0 Å². The molecule has 0 spiro atoms. The molecule has 100 valence electrons. The zero-order valence-corrected chi connectivity index (χ0v) is 12.6. The minimum absolute atomic E-state index is 0.0894. The van der Waals surface area contributed by atoms with Gasteiger partial charge in [-0.3, -0.25) is 0 Å². The summed E-state index contributed by atoms with van der Waals surface area (Å²) in [5.41, 5.74) is 1.99.